The monoisotopic (exact) mass is 328 g/mol. The lowest BCUT2D eigenvalue weighted by molar-refractivity contribution is 0.372. The molecule has 0 unspecified atom stereocenters. The number of anilines is 1. The molecule has 0 saturated carbocycles. The first-order chi connectivity index (χ1) is 9.96. The predicted octanol–water partition coefficient (Wildman–Crippen LogP) is 1.17. The molecule has 9 heteroatoms. The first-order valence-electron chi connectivity index (χ1n) is 6.20. The molecule has 0 aliphatic carbocycles. The zero-order valence-corrected chi connectivity index (χ0v) is 13.1. The van der Waals surface area contributed by atoms with Crippen LogP contribution in [0.2, 0.25) is 0 Å². The van der Waals surface area contributed by atoms with Crippen molar-refractivity contribution in [1.82, 2.24) is 14.9 Å². The van der Waals surface area contributed by atoms with E-state index in [1.54, 1.807) is 13.0 Å². The summed E-state index contributed by atoms with van der Waals surface area (Å²) in [5.41, 5.74) is 6.44. The van der Waals surface area contributed by atoms with Crippen molar-refractivity contribution < 1.29 is 12.9 Å². The van der Waals surface area contributed by atoms with Gasteiger partial charge in [0.05, 0.1) is 12.3 Å². The number of hydrogen-bond acceptors (Lipinski definition) is 7. The van der Waals surface area contributed by atoms with Crippen LogP contribution in [0, 0.1) is 6.92 Å². The van der Waals surface area contributed by atoms with Gasteiger partial charge in [0.25, 0.3) is 0 Å². The fraction of sp³-hybridized carbons (Fsp3) is 0.333. The molecule has 0 aliphatic rings. The smallest absolute Gasteiger partial charge is 0.241 e. The van der Waals surface area contributed by atoms with Gasteiger partial charge in [0.15, 0.2) is 5.82 Å². The van der Waals surface area contributed by atoms with Gasteiger partial charge in [0, 0.05) is 16.3 Å². The molecule has 2 rings (SSSR count). The minimum atomic E-state index is -3.39. The van der Waals surface area contributed by atoms with E-state index in [-0.39, 0.29) is 18.2 Å². The van der Waals surface area contributed by atoms with E-state index < -0.39 is 10.0 Å². The van der Waals surface area contributed by atoms with Crippen LogP contribution in [0.15, 0.2) is 33.7 Å². The summed E-state index contributed by atoms with van der Waals surface area (Å²) in [6.07, 6.45) is 0. The van der Waals surface area contributed by atoms with E-state index in [0.717, 1.165) is 4.90 Å². The maximum atomic E-state index is 11.8. The zero-order chi connectivity index (χ0) is 15.3. The van der Waals surface area contributed by atoms with Crippen LogP contribution < -0.4 is 10.5 Å². The third-order valence-corrected chi connectivity index (χ3v) is 5.22. The van der Waals surface area contributed by atoms with Crippen molar-refractivity contribution in [2.45, 2.75) is 18.4 Å². The highest BCUT2D eigenvalue weighted by Crippen LogP contribution is 2.24. The average Bonchev–Trinajstić information content (AvgIpc) is 2.85. The van der Waals surface area contributed by atoms with Crippen molar-refractivity contribution in [3.8, 4) is 0 Å². The number of sulfonamides is 1. The molecule has 7 nitrogen and oxygen atoms in total. The molecule has 0 bridgehead atoms. The fourth-order valence-electron chi connectivity index (χ4n) is 1.53. The van der Waals surface area contributed by atoms with E-state index in [9.17, 15) is 8.42 Å². The number of nitrogen functional groups attached to an aromatic ring is 1. The van der Waals surface area contributed by atoms with E-state index in [4.69, 9.17) is 10.3 Å². The van der Waals surface area contributed by atoms with Gasteiger partial charge >= 0.3 is 0 Å². The Morgan fingerprint density at radius 3 is 2.81 bits per heavy atom. The minimum Gasteiger partial charge on any atom is -0.398 e. The Morgan fingerprint density at radius 2 is 2.14 bits per heavy atom. The standard InChI is InChI=1S/C12H16N4O3S2/c1-9-15-12(19-16-9)8-14-21(17,18)7-6-20-11-5-3-2-4-10(11)13/h2-5,14H,6-8,13H2,1H3. The van der Waals surface area contributed by atoms with Crippen molar-refractivity contribution >= 4 is 27.5 Å². The number of aryl methyl sites for hydroxylation is 1. The Morgan fingerprint density at radius 1 is 1.38 bits per heavy atom. The summed E-state index contributed by atoms with van der Waals surface area (Å²) in [5, 5.41) is 3.59. The molecular formula is C12H16N4O3S2. The average molecular weight is 328 g/mol. The largest absolute Gasteiger partial charge is 0.398 e. The van der Waals surface area contributed by atoms with Crippen molar-refractivity contribution in [1.29, 1.82) is 0 Å². The number of benzene rings is 1. The number of para-hydroxylation sites is 1. The SMILES string of the molecule is Cc1noc(CNS(=O)(=O)CCSc2ccccc2N)n1. The minimum absolute atomic E-state index is 0.00131. The lowest BCUT2D eigenvalue weighted by Gasteiger charge is -2.06. The maximum absolute atomic E-state index is 11.8. The summed E-state index contributed by atoms with van der Waals surface area (Å²) in [5.74, 6) is 1.11. The van der Waals surface area contributed by atoms with Gasteiger partial charge in [-0.05, 0) is 19.1 Å². The summed E-state index contributed by atoms with van der Waals surface area (Å²) >= 11 is 1.40. The first kappa shape index (κ1) is 15.8. The molecule has 0 spiro atoms. The number of nitrogens with zero attached hydrogens (tertiary/aromatic N) is 2. The van der Waals surface area contributed by atoms with E-state index in [1.807, 2.05) is 18.2 Å². The van der Waals surface area contributed by atoms with Gasteiger partial charge in [-0.2, -0.15) is 4.98 Å². The fourth-order valence-corrected chi connectivity index (χ4v) is 3.86. The second kappa shape index (κ2) is 6.92. The van der Waals surface area contributed by atoms with Gasteiger partial charge < -0.3 is 10.3 Å². The molecule has 0 amide bonds. The van der Waals surface area contributed by atoms with Crippen LogP contribution >= 0.6 is 11.8 Å². The maximum Gasteiger partial charge on any atom is 0.241 e. The van der Waals surface area contributed by atoms with Gasteiger partial charge in [-0.15, -0.1) is 11.8 Å². The number of thioether (sulfide) groups is 1. The molecule has 0 fully saturated rings. The van der Waals surface area contributed by atoms with Crippen LogP contribution in [0.4, 0.5) is 5.69 Å². The third kappa shape index (κ3) is 5.03. The number of nitrogens with two attached hydrogens (primary N) is 1. The number of aromatic nitrogens is 2. The second-order valence-corrected chi connectivity index (χ2v) is 7.32. The second-order valence-electron chi connectivity index (χ2n) is 4.26. The molecule has 0 aliphatic heterocycles. The van der Waals surface area contributed by atoms with Crippen molar-refractivity contribution in [2.24, 2.45) is 0 Å². The Balaban J connectivity index is 1.80. The summed E-state index contributed by atoms with van der Waals surface area (Å²) in [7, 11) is -3.39. The van der Waals surface area contributed by atoms with Gasteiger partial charge in [0.2, 0.25) is 15.9 Å². The zero-order valence-electron chi connectivity index (χ0n) is 11.4. The molecule has 21 heavy (non-hydrogen) atoms. The van der Waals surface area contributed by atoms with Gasteiger partial charge in [-0.1, -0.05) is 17.3 Å². The summed E-state index contributed by atoms with van der Waals surface area (Å²) in [6.45, 7) is 1.67. The molecule has 0 saturated heterocycles. The topological polar surface area (TPSA) is 111 Å². The molecule has 1 aromatic carbocycles. The van der Waals surface area contributed by atoms with Crippen molar-refractivity contribution in [2.75, 3.05) is 17.2 Å². The number of nitrogens with one attached hydrogen (secondary N) is 1. The molecule has 3 N–H and O–H groups in total. The van der Waals surface area contributed by atoms with E-state index >= 15 is 0 Å². The molecule has 114 valence electrons. The van der Waals surface area contributed by atoms with Crippen LogP contribution in [0.5, 0.6) is 0 Å². The van der Waals surface area contributed by atoms with Crippen LogP contribution in [-0.4, -0.2) is 30.1 Å². The molecule has 1 aromatic heterocycles. The lowest BCUT2D eigenvalue weighted by Crippen LogP contribution is -2.27. The predicted molar refractivity (Wildman–Crippen MR) is 81.2 cm³/mol. The van der Waals surface area contributed by atoms with Gasteiger partial charge in [-0.3, -0.25) is 0 Å². The highest BCUT2D eigenvalue weighted by Gasteiger charge is 2.13. The molecule has 1 heterocycles. The third-order valence-electron chi connectivity index (χ3n) is 2.54. The number of hydrogen-bond donors (Lipinski definition) is 2. The molecule has 0 radical (unpaired) electrons. The normalized spacial score (nSPS) is 11.7. The van der Waals surface area contributed by atoms with Crippen molar-refractivity contribution in [3.05, 3.63) is 36.0 Å². The summed E-state index contributed by atoms with van der Waals surface area (Å²) in [6, 6.07) is 7.35. The Bertz CT molecular complexity index is 700. The lowest BCUT2D eigenvalue weighted by atomic mass is 10.3. The van der Waals surface area contributed by atoms with Gasteiger partial charge in [0.1, 0.15) is 0 Å². The highest BCUT2D eigenvalue weighted by molar-refractivity contribution is 8.00. The van der Waals surface area contributed by atoms with E-state index in [1.165, 1.54) is 11.8 Å². The highest BCUT2D eigenvalue weighted by atomic mass is 32.2. The summed E-state index contributed by atoms with van der Waals surface area (Å²) < 4.78 is 30.9. The van der Waals surface area contributed by atoms with Crippen LogP contribution in [0.3, 0.4) is 0 Å². The van der Waals surface area contributed by atoms with Crippen LogP contribution in [-0.2, 0) is 16.6 Å². The van der Waals surface area contributed by atoms with Gasteiger partial charge in [-0.25, -0.2) is 13.1 Å². The van der Waals surface area contributed by atoms with Crippen molar-refractivity contribution in [3.63, 3.8) is 0 Å². The Kier molecular flexibility index (Phi) is 5.21. The summed E-state index contributed by atoms with van der Waals surface area (Å²) in [4.78, 5) is 4.80. The molecule has 2 aromatic rings. The van der Waals surface area contributed by atoms with E-state index in [2.05, 4.69) is 14.9 Å². The quantitative estimate of drug-likeness (QED) is 0.579. The molecular weight excluding hydrogens is 312 g/mol. The van der Waals surface area contributed by atoms with Crippen LogP contribution in [0.1, 0.15) is 11.7 Å². The van der Waals surface area contributed by atoms with Crippen LogP contribution in [0.25, 0.3) is 0 Å². The van der Waals surface area contributed by atoms with E-state index in [0.29, 0.717) is 17.3 Å². The first-order valence-corrected chi connectivity index (χ1v) is 8.84. The number of rotatable bonds is 7. The Labute approximate surface area is 127 Å². The molecule has 0 atom stereocenters. The Hall–Kier alpha value is -1.58.